The van der Waals surface area contributed by atoms with Crippen LogP contribution >= 0.6 is 0 Å². The van der Waals surface area contributed by atoms with Gasteiger partial charge in [0.15, 0.2) is 0 Å². The van der Waals surface area contributed by atoms with Crippen LogP contribution in [0.25, 0.3) is 0 Å². The zero-order valence-electron chi connectivity index (χ0n) is 9.64. The Bertz CT molecular complexity index is 511. The largest absolute Gasteiger partial charge is 0.489 e. The van der Waals surface area contributed by atoms with E-state index in [1.807, 2.05) is 0 Å². The molecule has 0 aliphatic rings. The molecule has 1 aromatic carbocycles. The number of benzene rings is 1. The minimum atomic E-state index is -1.05. The summed E-state index contributed by atoms with van der Waals surface area (Å²) < 4.78 is 18.4. The molecule has 0 aliphatic carbocycles. The molecule has 0 aliphatic heterocycles. The van der Waals surface area contributed by atoms with Gasteiger partial charge in [0.05, 0.1) is 5.56 Å². The third-order valence-corrected chi connectivity index (χ3v) is 2.18. The smallest absolute Gasteiger partial charge is 0.331 e. The molecule has 0 fully saturated rings. The molecule has 96 valence electrons. The monoisotopic (exact) mass is 253 g/mol. The number of carboxylic acids is 1. The number of nitrogens with two attached hydrogens (primary N) is 1. The van der Waals surface area contributed by atoms with Gasteiger partial charge >= 0.3 is 5.97 Å². The maximum Gasteiger partial charge on any atom is 0.331 e. The van der Waals surface area contributed by atoms with Gasteiger partial charge < -0.3 is 15.6 Å². The van der Waals surface area contributed by atoms with Gasteiger partial charge in [-0.15, -0.1) is 0 Å². The second kappa shape index (κ2) is 5.81. The number of ether oxygens (including phenoxy) is 1. The zero-order chi connectivity index (χ0) is 13.7. The van der Waals surface area contributed by atoms with Gasteiger partial charge in [-0.25, -0.2) is 9.18 Å². The Kier molecular flexibility index (Phi) is 4.42. The highest BCUT2D eigenvalue weighted by molar-refractivity contribution is 5.93. The van der Waals surface area contributed by atoms with E-state index in [0.717, 1.165) is 6.07 Å². The highest BCUT2D eigenvalue weighted by Crippen LogP contribution is 2.16. The molecule has 0 bridgehead atoms. The number of primary amides is 1. The van der Waals surface area contributed by atoms with Crippen molar-refractivity contribution in [3.63, 3.8) is 0 Å². The number of carbonyl (C=O) groups excluding carboxylic acids is 1. The summed E-state index contributed by atoms with van der Waals surface area (Å²) in [5.41, 5.74) is 4.85. The highest BCUT2D eigenvalue weighted by atomic mass is 19.1. The van der Waals surface area contributed by atoms with Crippen LogP contribution in [0.1, 0.15) is 17.3 Å². The summed E-state index contributed by atoms with van der Waals surface area (Å²) in [4.78, 5) is 21.3. The van der Waals surface area contributed by atoms with E-state index >= 15 is 0 Å². The second-order valence-electron chi connectivity index (χ2n) is 3.51. The predicted molar refractivity (Wildman–Crippen MR) is 61.8 cm³/mol. The summed E-state index contributed by atoms with van der Waals surface area (Å²) in [6.07, 6.45) is 1.35. The first-order chi connectivity index (χ1) is 8.41. The molecule has 0 saturated heterocycles. The van der Waals surface area contributed by atoms with Crippen LogP contribution in [-0.4, -0.2) is 23.6 Å². The molecular formula is C12H12FNO4. The van der Waals surface area contributed by atoms with Crippen LogP contribution in [0.5, 0.6) is 5.75 Å². The van der Waals surface area contributed by atoms with Crippen LogP contribution in [0, 0.1) is 5.82 Å². The molecule has 0 unspecified atom stereocenters. The molecule has 1 rings (SSSR count). The average Bonchev–Trinajstić information content (AvgIpc) is 2.28. The van der Waals surface area contributed by atoms with E-state index in [0.29, 0.717) is 0 Å². The molecule has 1 aromatic rings. The van der Waals surface area contributed by atoms with Crippen molar-refractivity contribution in [2.75, 3.05) is 6.61 Å². The first-order valence-electron chi connectivity index (χ1n) is 5.04. The number of hydrogen-bond donors (Lipinski definition) is 2. The SMILES string of the molecule is CC(=CCOc1ccc(C(N)=O)c(F)c1)C(=O)O. The molecule has 0 atom stereocenters. The first-order valence-corrected chi connectivity index (χ1v) is 5.04. The molecule has 0 spiro atoms. The molecule has 0 aromatic heterocycles. The van der Waals surface area contributed by atoms with Gasteiger partial charge in [0.2, 0.25) is 0 Å². The summed E-state index contributed by atoms with van der Waals surface area (Å²) >= 11 is 0. The number of aliphatic carboxylic acids is 1. The van der Waals surface area contributed by atoms with Crippen molar-refractivity contribution in [1.82, 2.24) is 0 Å². The Morgan fingerprint density at radius 3 is 2.67 bits per heavy atom. The predicted octanol–water partition coefficient (Wildman–Crippen LogP) is 1.33. The number of amides is 1. The third-order valence-electron chi connectivity index (χ3n) is 2.18. The van der Waals surface area contributed by atoms with Gasteiger partial charge in [-0.05, 0) is 25.1 Å². The molecule has 0 radical (unpaired) electrons. The van der Waals surface area contributed by atoms with Crippen molar-refractivity contribution >= 4 is 11.9 Å². The Balaban J connectivity index is 2.70. The lowest BCUT2D eigenvalue weighted by molar-refractivity contribution is -0.132. The van der Waals surface area contributed by atoms with E-state index in [-0.39, 0.29) is 23.5 Å². The molecule has 18 heavy (non-hydrogen) atoms. The number of rotatable bonds is 5. The summed E-state index contributed by atoms with van der Waals surface area (Å²) in [5, 5.41) is 8.59. The maximum absolute atomic E-state index is 13.3. The van der Waals surface area contributed by atoms with E-state index in [2.05, 4.69) is 0 Å². The van der Waals surface area contributed by atoms with Gasteiger partial charge in [-0.3, -0.25) is 4.79 Å². The van der Waals surface area contributed by atoms with Crippen molar-refractivity contribution in [2.24, 2.45) is 5.73 Å². The van der Waals surface area contributed by atoms with Crippen molar-refractivity contribution in [2.45, 2.75) is 6.92 Å². The molecular weight excluding hydrogens is 241 g/mol. The lowest BCUT2D eigenvalue weighted by Gasteiger charge is -2.05. The van der Waals surface area contributed by atoms with E-state index in [9.17, 15) is 14.0 Å². The Labute approximate surface area is 103 Å². The van der Waals surface area contributed by atoms with Crippen LogP contribution in [0.3, 0.4) is 0 Å². The molecule has 0 heterocycles. The topological polar surface area (TPSA) is 89.6 Å². The fourth-order valence-corrected chi connectivity index (χ4v) is 1.14. The van der Waals surface area contributed by atoms with Crippen LogP contribution in [0.15, 0.2) is 29.8 Å². The average molecular weight is 253 g/mol. The third kappa shape index (κ3) is 3.58. The van der Waals surface area contributed by atoms with Crippen LogP contribution in [-0.2, 0) is 4.79 Å². The van der Waals surface area contributed by atoms with Gasteiger partial charge in [-0.2, -0.15) is 0 Å². The highest BCUT2D eigenvalue weighted by Gasteiger charge is 2.08. The number of halogens is 1. The van der Waals surface area contributed by atoms with E-state index in [1.54, 1.807) is 0 Å². The molecule has 1 amide bonds. The van der Waals surface area contributed by atoms with Crippen molar-refractivity contribution in [3.8, 4) is 5.75 Å². The van der Waals surface area contributed by atoms with Gasteiger partial charge in [-0.1, -0.05) is 0 Å². The fourth-order valence-electron chi connectivity index (χ4n) is 1.14. The van der Waals surface area contributed by atoms with Crippen molar-refractivity contribution < 1.29 is 23.8 Å². The Hall–Kier alpha value is -2.37. The summed E-state index contributed by atoms with van der Waals surface area (Å²) in [7, 11) is 0. The quantitative estimate of drug-likeness (QED) is 0.775. The summed E-state index contributed by atoms with van der Waals surface area (Å²) in [5.74, 6) is -2.50. The summed E-state index contributed by atoms with van der Waals surface area (Å²) in [6.45, 7) is 1.41. The lowest BCUT2D eigenvalue weighted by Crippen LogP contribution is -2.13. The first kappa shape index (κ1) is 13.7. The van der Waals surface area contributed by atoms with Gasteiger partial charge in [0, 0.05) is 11.6 Å². The number of carbonyl (C=O) groups is 2. The van der Waals surface area contributed by atoms with Crippen molar-refractivity contribution in [1.29, 1.82) is 0 Å². The normalized spacial score (nSPS) is 11.1. The molecule has 3 N–H and O–H groups in total. The molecule has 0 saturated carbocycles. The van der Waals surface area contributed by atoms with Crippen LogP contribution in [0.2, 0.25) is 0 Å². The molecule has 6 heteroatoms. The second-order valence-corrected chi connectivity index (χ2v) is 3.51. The Morgan fingerprint density at radius 2 is 2.17 bits per heavy atom. The molecule has 5 nitrogen and oxygen atoms in total. The van der Waals surface area contributed by atoms with Crippen LogP contribution < -0.4 is 10.5 Å². The summed E-state index contributed by atoms with van der Waals surface area (Å²) in [6, 6.07) is 3.61. The van der Waals surface area contributed by atoms with E-state index in [1.165, 1.54) is 25.1 Å². The van der Waals surface area contributed by atoms with Gasteiger partial charge in [0.1, 0.15) is 18.2 Å². The van der Waals surface area contributed by atoms with Crippen LogP contribution in [0.4, 0.5) is 4.39 Å². The van der Waals surface area contributed by atoms with Gasteiger partial charge in [0.25, 0.3) is 5.91 Å². The van der Waals surface area contributed by atoms with E-state index < -0.39 is 17.7 Å². The minimum Gasteiger partial charge on any atom is -0.489 e. The zero-order valence-corrected chi connectivity index (χ0v) is 9.64. The standard InChI is InChI=1S/C12H12FNO4/c1-7(12(16)17)4-5-18-8-2-3-9(11(14)15)10(13)6-8/h2-4,6H,5H2,1H3,(H2,14,15)(H,16,17). The Morgan fingerprint density at radius 1 is 1.50 bits per heavy atom. The van der Waals surface area contributed by atoms with Crippen molar-refractivity contribution in [3.05, 3.63) is 41.2 Å². The number of carboxylic acid groups (broad SMARTS) is 1. The fraction of sp³-hybridized carbons (Fsp3) is 0.167. The lowest BCUT2D eigenvalue weighted by atomic mass is 10.2. The minimum absolute atomic E-state index is 0.00646. The maximum atomic E-state index is 13.3. The van der Waals surface area contributed by atoms with E-state index in [4.69, 9.17) is 15.6 Å². The number of hydrogen-bond acceptors (Lipinski definition) is 3.